The fourth-order valence-corrected chi connectivity index (χ4v) is 5.07. The van der Waals surface area contributed by atoms with E-state index >= 15 is 0 Å². The summed E-state index contributed by atoms with van der Waals surface area (Å²) in [6.45, 7) is 6.89. The lowest BCUT2D eigenvalue weighted by Crippen LogP contribution is -2.52. The highest BCUT2D eigenvalue weighted by Gasteiger charge is 2.48. The molecule has 2 aliphatic rings. The van der Waals surface area contributed by atoms with Gasteiger partial charge in [-0.05, 0) is 82.2 Å². The molecule has 0 unspecified atom stereocenters. The van der Waals surface area contributed by atoms with Crippen molar-refractivity contribution in [2.24, 2.45) is 5.41 Å². The Kier molecular flexibility index (Phi) is 6.55. The summed E-state index contributed by atoms with van der Waals surface area (Å²) in [5.74, 6) is -1.64. The first kappa shape index (κ1) is 25.6. The second-order valence-corrected chi connectivity index (χ2v) is 10.9. The third-order valence-corrected chi connectivity index (χ3v) is 7.04. The van der Waals surface area contributed by atoms with Crippen molar-refractivity contribution < 1.29 is 27.8 Å². The normalized spacial score (nSPS) is 17.1. The monoisotopic (exact) mass is 522 g/mol. The summed E-state index contributed by atoms with van der Waals surface area (Å²) in [6, 6.07) is 8.25. The van der Waals surface area contributed by atoms with Gasteiger partial charge >= 0.3 is 6.09 Å². The molecule has 1 aromatic heterocycles. The lowest BCUT2D eigenvalue weighted by molar-refractivity contribution is -0.0591. The Morgan fingerprint density at radius 3 is 2.50 bits per heavy atom. The van der Waals surface area contributed by atoms with Crippen LogP contribution in [0, 0.1) is 28.4 Å². The van der Waals surface area contributed by atoms with E-state index < -0.39 is 28.5 Å². The van der Waals surface area contributed by atoms with Crippen molar-refractivity contribution in [1.29, 1.82) is 5.26 Å². The topological polar surface area (TPSA) is 97.6 Å². The van der Waals surface area contributed by atoms with Crippen LogP contribution in [0.15, 0.2) is 36.7 Å². The first-order chi connectivity index (χ1) is 18.1. The number of hydrogen-bond donors (Lipinski definition) is 0. The Balaban J connectivity index is 1.26. The zero-order chi connectivity index (χ0) is 27.1. The molecule has 38 heavy (non-hydrogen) atoms. The van der Waals surface area contributed by atoms with Gasteiger partial charge in [-0.2, -0.15) is 5.26 Å². The molecule has 3 aromatic rings. The molecule has 0 bridgehead atoms. The van der Waals surface area contributed by atoms with Gasteiger partial charge in [-0.25, -0.2) is 23.5 Å². The summed E-state index contributed by atoms with van der Waals surface area (Å²) in [7, 11) is 0. The number of benzene rings is 2. The highest BCUT2D eigenvalue weighted by molar-refractivity contribution is 5.84. The molecule has 2 fully saturated rings. The van der Waals surface area contributed by atoms with Crippen molar-refractivity contribution in [3.8, 4) is 23.4 Å². The number of aromatic nitrogens is 2. The minimum Gasteiger partial charge on any atom is -0.474 e. The van der Waals surface area contributed by atoms with Crippen LogP contribution in [0.3, 0.4) is 0 Å². The van der Waals surface area contributed by atoms with Crippen molar-refractivity contribution in [3.63, 3.8) is 0 Å². The standard InChI is InChI=1S/C28H28F2N4O4/c1-27(2,3)38-26(35)34-10-8-28(9-11-34)13-18(14-28)37-25-19-12-17(4-7-23(19)32-16-33-25)36-24-20(15-31)21(29)5-6-22(24)30/h4-7,12,16,18H,8-11,13-14H2,1-3H3. The molecular formula is C28H28F2N4O4. The van der Waals surface area contributed by atoms with Crippen molar-refractivity contribution in [2.45, 2.75) is 58.2 Å². The SMILES string of the molecule is CC(C)(C)OC(=O)N1CCC2(CC1)CC(Oc1ncnc3ccc(Oc4c(F)ccc(F)c4C#N)cc13)C2. The lowest BCUT2D eigenvalue weighted by atomic mass is 9.61. The Morgan fingerprint density at radius 1 is 1.11 bits per heavy atom. The van der Waals surface area contributed by atoms with Crippen LogP contribution in [0.25, 0.3) is 10.9 Å². The number of rotatable bonds is 4. The molecular weight excluding hydrogens is 494 g/mol. The molecule has 1 spiro atoms. The van der Waals surface area contributed by atoms with Crippen LogP contribution in [0.4, 0.5) is 13.6 Å². The highest BCUT2D eigenvalue weighted by atomic mass is 19.1. The molecule has 10 heteroatoms. The molecule has 198 valence electrons. The van der Waals surface area contributed by atoms with Crippen LogP contribution in [-0.2, 0) is 4.74 Å². The predicted octanol–water partition coefficient (Wildman–Crippen LogP) is 6.13. The van der Waals surface area contributed by atoms with E-state index in [1.807, 2.05) is 20.8 Å². The predicted molar refractivity (Wildman–Crippen MR) is 134 cm³/mol. The van der Waals surface area contributed by atoms with Crippen molar-refractivity contribution in [1.82, 2.24) is 14.9 Å². The van der Waals surface area contributed by atoms with Crippen molar-refractivity contribution in [2.75, 3.05) is 13.1 Å². The number of fused-ring (bicyclic) bond motifs is 1. The molecule has 1 aliphatic heterocycles. The van der Waals surface area contributed by atoms with Gasteiger partial charge in [-0.1, -0.05) is 0 Å². The van der Waals surface area contributed by atoms with Gasteiger partial charge in [0.15, 0.2) is 11.6 Å². The van der Waals surface area contributed by atoms with Gasteiger partial charge in [0, 0.05) is 13.1 Å². The number of halogens is 2. The van der Waals surface area contributed by atoms with Crippen LogP contribution in [0.1, 0.15) is 52.0 Å². The highest BCUT2D eigenvalue weighted by Crippen LogP contribution is 2.50. The molecule has 0 atom stereocenters. The maximum atomic E-state index is 14.3. The first-order valence-electron chi connectivity index (χ1n) is 12.5. The second-order valence-electron chi connectivity index (χ2n) is 10.9. The van der Waals surface area contributed by atoms with Gasteiger partial charge in [0.25, 0.3) is 0 Å². The maximum Gasteiger partial charge on any atom is 0.410 e. The van der Waals surface area contributed by atoms with Crippen molar-refractivity contribution in [3.05, 3.63) is 53.9 Å². The molecule has 0 radical (unpaired) electrons. The number of carbonyl (C=O) groups is 1. The smallest absolute Gasteiger partial charge is 0.410 e. The Labute approximate surface area is 219 Å². The van der Waals surface area contributed by atoms with Gasteiger partial charge < -0.3 is 19.1 Å². The summed E-state index contributed by atoms with van der Waals surface area (Å²) in [5.41, 5.74) is -0.301. The Morgan fingerprint density at radius 2 is 1.82 bits per heavy atom. The average molecular weight is 523 g/mol. The van der Waals surface area contributed by atoms with E-state index in [-0.39, 0.29) is 23.4 Å². The summed E-state index contributed by atoms with van der Waals surface area (Å²) in [5, 5.41) is 9.80. The molecule has 1 saturated heterocycles. The van der Waals surface area contributed by atoms with Gasteiger partial charge in [-0.3, -0.25) is 0 Å². The van der Waals surface area contributed by atoms with Crippen LogP contribution in [0.2, 0.25) is 0 Å². The van der Waals surface area contributed by atoms with Gasteiger partial charge in [0.2, 0.25) is 5.88 Å². The summed E-state index contributed by atoms with van der Waals surface area (Å²) in [4.78, 5) is 22.7. The molecule has 8 nitrogen and oxygen atoms in total. The number of nitrogens with zero attached hydrogens (tertiary/aromatic N) is 4. The van der Waals surface area contributed by atoms with E-state index in [4.69, 9.17) is 14.2 Å². The third-order valence-electron chi connectivity index (χ3n) is 7.04. The van der Waals surface area contributed by atoms with E-state index in [9.17, 15) is 18.8 Å². The van der Waals surface area contributed by atoms with Crippen LogP contribution >= 0.6 is 0 Å². The molecule has 5 rings (SSSR count). The quantitative estimate of drug-likeness (QED) is 0.407. The number of piperidine rings is 1. The summed E-state index contributed by atoms with van der Waals surface area (Å²) < 4.78 is 45.6. The lowest BCUT2D eigenvalue weighted by Gasteiger charge is -2.51. The van der Waals surface area contributed by atoms with Gasteiger partial charge in [0.05, 0.1) is 10.9 Å². The number of carbonyl (C=O) groups excluding carboxylic acids is 1. The number of nitriles is 1. The average Bonchev–Trinajstić information content (AvgIpc) is 2.85. The fourth-order valence-electron chi connectivity index (χ4n) is 5.07. The molecule has 1 amide bonds. The summed E-state index contributed by atoms with van der Waals surface area (Å²) >= 11 is 0. The van der Waals surface area contributed by atoms with E-state index in [0.717, 1.165) is 37.8 Å². The Bertz CT molecular complexity index is 1420. The van der Waals surface area contributed by atoms with E-state index in [1.165, 1.54) is 6.33 Å². The summed E-state index contributed by atoms with van der Waals surface area (Å²) in [6.07, 6.45) is 4.55. The van der Waals surface area contributed by atoms with Crippen LogP contribution in [-0.4, -0.2) is 45.8 Å². The van der Waals surface area contributed by atoms with Crippen LogP contribution in [0.5, 0.6) is 17.4 Å². The zero-order valence-corrected chi connectivity index (χ0v) is 21.5. The zero-order valence-electron chi connectivity index (χ0n) is 21.5. The van der Waals surface area contributed by atoms with E-state index in [1.54, 1.807) is 29.2 Å². The van der Waals surface area contributed by atoms with Gasteiger partial charge in [0.1, 0.15) is 41.2 Å². The Hall–Kier alpha value is -4.00. The molecule has 1 saturated carbocycles. The molecule has 2 aromatic carbocycles. The minimum atomic E-state index is -0.868. The fraction of sp³-hybridized carbons (Fsp3) is 0.429. The number of amides is 1. The minimum absolute atomic E-state index is 0.0448. The van der Waals surface area contributed by atoms with Crippen LogP contribution < -0.4 is 9.47 Å². The first-order valence-corrected chi connectivity index (χ1v) is 12.5. The molecule has 0 N–H and O–H groups in total. The number of hydrogen-bond acceptors (Lipinski definition) is 7. The maximum absolute atomic E-state index is 14.3. The largest absolute Gasteiger partial charge is 0.474 e. The number of ether oxygens (including phenoxy) is 3. The van der Waals surface area contributed by atoms with E-state index in [0.29, 0.717) is 29.9 Å². The second kappa shape index (κ2) is 9.71. The number of likely N-dealkylation sites (tertiary alicyclic amines) is 1. The van der Waals surface area contributed by atoms with E-state index in [2.05, 4.69) is 9.97 Å². The van der Waals surface area contributed by atoms with Crippen molar-refractivity contribution >= 4 is 17.0 Å². The molecule has 1 aliphatic carbocycles. The third kappa shape index (κ3) is 5.19. The molecule has 2 heterocycles. The van der Waals surface area contributed by atoms with Gasteiger partial charge in [-0.15, -0.1) is 0 Å².